The molecule has 1 N–H and O–H groups in total. The van der Waals surface area contributed by atoms with Gasteiger partial charge in [-0.05, 0) is 80.7 Å². The molecule has 142 valence electrons. The van der Waals surface area contributed by atoms with E-state index in [2.05, 4.69) is 45.1 Å². The molecule has 0 saturated heterocycles. The van der Waals surface area contributed by atoms with Crippen molar-refractivity contribution >= 4 is 17.2 Å². The summed E-state index contributed by atoms with van der Waals surface area (Å²) < 4.78 is 6.48. The lowest BCUT2D eigenvalue weighted by molar-refractivity contribution is -0.114. The Kier molecular flexibility index (Phi) is 5.45. The minimum absolute atomic E-state index is 0.0197. The number of allylic oxidation sites excluding steroid dienone is 1. The van der Waals surface area contributed by atoms with E-state index in [0.717, 1.165) is 36.3 Å². The van der Waals surface area contributed by atoms with E-state index in [1.807, 2.05) is 0 Å². The Bertz CT molecular complexity index is 730. The number of hydrogen-bond acceptors (Lipinski definition) is 2. The van der Waals surface area contributed by atoms with Gasteiger partial charge in [0.15, 0.2) is 0 Å². The summed E-state index contributed by atoms with van der Waals surface area (Å²) in [6.07, 6.45) is 8.00. The predicted molar refractivity (Wildman–Crippen MR) is 109 cm³/mol. The number of unbranched alkanes of at least 4 members (excludes halogenated alkanes) is 2. The molecule has 0 fully saturated rings. The molecule has 1 amide bonds. The van der Waals surface area contributed by atoms with Gasteiger partial charge in [0.05, 0.1) is 5.69 Å². The van der Waals surface area contributed by atoms with Gasteiger partial charge in [0.25, 0.3) is 0 Å². The number of carbonyl (C=O) groups is 1. The van der Waals surface area contributed by atoms with E-state index in [-0.39, 0.29) is 11.5 Å². The van der Waals surface area contributed by atoms with Gasteiger partial charge in [0.1, 0.15) is 11.4 Å². The average molecular weight is 356 g/mol. The van der Waals surface area contributed by atoms with E-state index < -0.39 is 0 Å². The first-order valence-electron chi connectivity index (χ1n) is 10.2. The minimum Gasteiger partial charge on any atom is -0.483 e. The highest BCUT2D eigenvalue weighted by Crippen LogP contribution is 2.51. The van der Waals surface area contributed by atoms with Crippen LogP contribution < -0.4 is 10.1 Å². The zero-order valence-electron chi connectivity index (χ0n) is 17.0. The Morgan fingerprint density at radius 3 is 2.77 bits per heavy atom. The lowest BCUT2D eigenvalue weighted by atomic mass is 9.74. The van der Waals surface area contributed by atoms with Crippen LogP contribution in [0.25, 0.3) is 5.57 Å². The second-order valence-corrected chi connectivity index (χ2v) is 8.57. The molecule has 1 heterocycles. The van der Waals surface area contributed by atoms with Crippen molar-refractivity contribution in [3.8, 4) is 5.75 Å². The van der Waals surface area contributed by atoms with Crippen molar-refractivity contribution in [2.24, 2.45) is 5.92 Å². The number of amides is 1. The van der Waals surface area contributed by atoms with E-state index in [1.54, 1.807) is 6.92 Å². The molecule has 1 aromatic rings. The average Bonchev–Trinajstić information content (AvgIpc) is 2.53. The number of rotatable bonds is 5. The van der Waals surface area contributed by atoms with E-state index in [4.69, 9.17) is 4.74 Å². The number of carbonyl (C=O) groups excluding carboxylic acids is 1. The van der Waals surface area contributed by atoms with Crippen LogP contribution in [0.4, 0.5) is 5.69 Å². The molecule has 0 spiro atoms. The van der Waals surface area contributed by atoms with Gasteiger partial charge in [-0.15, -0.1) is 0 Å². The standard InChI is InChI=1S/C23H33NO2/c1-6-7-8-9-17-13-20(24-16(3)25)22-18-12-15(2)10-11-19(18)23(4,5)26-21(22)14-17/h13-15H,6-12H2,1-5H3,(H,24,25). The Hall–Kier alpha value is -1.77. The maximum atomic E-state index is 11.9. The predicted octanol–water partition coefficient (Wildman–Crippen LogP) is 6.12. The van der Waals surface area contributed by atoms with Crippen LogP contribution in [0.2, 0.25) is 0 Å². The largest absolute Gasteiger partial charge is 0.483 e. The van der Waals surface area contributed by atoms with Crippen molar-refractivity contribution in [2.75, 3.05) is 5.32 Å². The zero-order chi connectivity index (χ0) is 18.9. The molecule has 0 bridgehead atoms. The van der Waals surface area contributed by atoms with Gasteiger partial charge in [-0.2, -0.15) is 0 Å². The summed E-state index contributed by atoms with van der Waals surface area (Å²) in [5.74, 6) is 1.60. The summed E-state index contributed by atoms with van der Waals surface area (Å²) in [6.45, 7) is 10.5. The summed E-state index contributed by atoms with van der Waals surface area (Å²) in [4.78, 5) is 11.9. The lowest BCUT2D eigenvalue weighted by Gasteiger charge is -2.41. The van der Waals surface area contributed by atoms with E-state index in [0.29, 0.717) is 5.92 Å². The fourth-order valence-corrected chi connectivity index (χ4v) is 4.45. The quantitative estimate of drug-likeness (QED) is 0.646. The molecule has 1 aliphatic carbocycles. The van der Waals surface area contributed by atoms with Gasteiger partial charge in [0, 0.05) is 12.5 Å². The number of benzene rings is 1. The van der Waals surface area contributed by atoms with Gasteiger partial charge in [-0.3, -0.25) is 4.79 Å². The third kappa shape index (κ3) is 3.82. The highest BCUT2D eigenvalue weighted by molar-refractivity contribution is 5.95. The van der Waals surface area contributed by atoms with E-state index in [9.17, 15) is 4.79 Å². The Morgan fingerprint density at radius 2 is 2.08 bits per heavy atom. The summed E-state index contributed by atoms with van der Waals surface area (Å²) in [6, 6.07) is 4.38. The number of nitrogens with one attached hydrogen (secondary N) is 1. The zero-order valence-corrected chi connectivity index (χ0v) is 17.0. The smallest absolute Gasteiger partial charge is 0.221 e. The Morgan fingerprint density at radius 1 is 1.31 bits per heavy atom. The minimum atomic E-state index is -0.266. The Labute approximate surface area is 158 Å². The fourth-order valence-electron chi connectivity index (χ4n) is 4.45. The van der Waals surface area contributed by atoms with Crippen molar-refractivity contribution in [1.29, 1.82) is 0 Å². The van der Waals surface area contributed by atoms with Crippen LogP contribution in [0.15, 0.2) is 17.7 Å². The first kappa shape index (κ1) is 19.0. The molecule has 1 unspecified atom stereocenters. The molecule has 3 heteroatoms. The third-order valence-electron chi connectivity index (χ3n) is 5.74. The lowest BCUT2D eigenvalue weighted by Crippen LogP contribution is -2.37. The molecule has 1 aromatic carbocycles. The van der Waals surface area contributed by atoms with Crippen molar-refractivity contribution in [2.45, 2.75) is 85.2 Å². The van der Waals surface area contributed by atoms with Gasteiger partial charge >= 0.3 is 0 Å². The second kappa shape index (κ2) is 7.46. The molecule has 0 aromatic heterocycles. The van der Waals surface area contributed by atoms with E-state index >= 15 is 0 Å². The molecule has 3 nitrogen and oxygen atoms in total. The Balaban J connectivity index is 2.09. The monoisotopic (exact) mass is 355 g/mol. The topological polar surface area (TPSA) is 38.3 Å². The maximum Gasteiger partial charge on any atom is 0.221 e. The van der Waals surface area contributed by atoms with Crippen molar-refractivity contribution in [3.05, 3.63) is 28.8 Å². The van der Waals surface area contributed by atoms with Crippen LogP contribution in [0.5, 0.6) is 5.75 Å². The first-order chi connectivity index (χ1) is 12.3. The van der Waals surface area contributed by atoms with Crippen LogP contribution >= 0.6 is 0 Å². The summed E-state index contributed by atoms with van der Waals surface area (Å²) >= 11 is 0. The molecule has 3 rings (SSSR count). The highest BCUT2D eigenvalue weighted by Gasteiger charge is 2.38. The highest BCUT2D eigenvalue weighted by atomic mass is 16.5. The number of hydrogen-bond donors (Lipinski definition) is 1. The molecular weight excluding hydrogens is 322 g/mol. The molecular formula is C23H33NO2. The second-order valence-electron chi connectivity index (χ2n) is 8.57. The van der Waals surface area contributed by atoms with Crippen molar-refractivity contribution < 1.29 is 9.53 Å². The first-order valence-corrected chi connectivity index (χ1v) is 10.2. The van der Waals surface area contributed by atoms with Crippen LogP contribution in [0.1, 0.15) is 84.3 Å². The normalized spacial score (nSPS) is 20.9. The SMILES string of the molecule is CCCCCc1cc(NC(C)=O)c2c(c1)OC(C)(C)C1=C2CC(C)CC1. The number of ether oxygens (including phenoxy) is 1. The van der Waals surface area contributed by atoms with Gasteiger partial charge in [-0.1, -0.05) is 26.7 Å². The molecule has 1 atom stereocenters. The van der Waals surface area contributed by atoms with Crippen LogP contribution in [-0.4, -0.2) is 11.5 Å². The fraction of sp³-hybridized carbons (Fsp3) is 0.609. The molecule has 2 aliphatic rings. The van der Waals surface area contributed by atoms with Crippen molar-refractivity contribution in [3.63, 3.8) is 0 Å². The maximum absolute atomic E-state index is 11.9. The molecule has 0 radical (unpaired) electrons. The summed E-state index contributed by atoms with van der Waals surface area (Å²) in [7, 11) is 0. The molecule has 26 heavy (non-hydrogen) atoms. The van der Waals surface area contributed by atoms with Gasteiger partial charge < -0.3 is 10.1 Å². The summed E-state index contributed by atoms with van der Waals surface area (Å²) in [5, 5.41) is 3.09. The molecule has 0 saturated carbocycles. The third-order valence-corrected chi connectivity index (χ3v) is 5.74. The van der Waals surface area contributed by atoms with Crippen LogP contribution in [0.3, 0.4) is 0 Å². The van der Waals surface area contributed by atoms with Crippen LogP contribution in [0, 0.1) is 5.92 Å². The molecule has 1 aliphatic heterocycles. The summed E-state index contributed by atoms with van der Waals surface area (Å²) in [5.41, 5.74) is 5.86. The number of anilines is 1. The van der Waals surface area contributed by atoms with Crippen LogP contribution in [-0.2, 0) is 11.2 Å². The van der Waals surface area contributed by atoms with Crippen molar-refractivity contribution in [1.82, 2.24) is 0 Å². The number of aryl methyl sites for hydroxylation is 1. The van der Waals surface area contributed by atoms with Gasteiger partial charge in [0.2, 0.25) is 5.91 Å². The van der Waals surface area contributed by atoms with Gasteiger partial charge in [-0.25, -0.2) is 0 Å². The van der Waals surface area contributed by atoms with E-state index in [1.165, 1.54) is 42.4 Å². The number of fused-ring (bicyclic) bond motifs is 2.